The van der Waals surface area contributed by atoms with Crippen LogP contribution in [0.3, 0.4) is 0 Å². The molecule has 0 spiro atoms. The van der Waals surface area contributed by atoms with Crippen LogP contribution in [0.5, 0.6) is 0 Å². The molecule has 0 bridgehead atoms. The van der Waals surface area contributed by atoms with Gasteiger partial charge in [-0.3, -0.25) is 4.79 Å². The van der Waals surface area contributed by atoms with Gasteiger partial charge >= 0.3 is 0 Å². The molecule has 146 valence electrons. The first-order chi connectivity index (χ1) is 13.5. The summed E-state index contributed by atoms with van der Waals surface area (Å²) < 4.78 is 2.07. The van der Waals surface area contributed by atoms with Crippen LogP contribution in [0.4, 0.5) is 0 Å². The average molecular weight is 395 g/mol. The standard InChI is InChI=1S/C22H26N4OS/c1-5-26-21(19-14-10-9-11-16(19)2)23-24-22(26)28-15-20(27)25(4)17(3)18-12-7-6-8-13-18/h6-14,17H,5,15H2,1-4H3/t17-/m1/s1. The summed E-state index contributed by atoms with van der Waals surface area (Å²) in [6.45, 7) is 6.94. The summed E-state index contributed by atoms with van der Waals surface area (Å²) >= 11 is 1.44. The van der Waals surface area contributed by atoms with Crippen LogP contribution in [-0.4, -0.2) is 38.4 Å². The molecule has 0 unspecified atom stereocenters. The van der Waals surface area contributed by atoms with E-state index >= 15 is 0 Å². The molecule has 5 nitrogen and oxygen atoms in total. The minimum Gasteiger partial charge on any atom is -0.338 e. The van der Waals surface area contributed by atoms with E-state index in [9.17, 15) is 4.79 Å². The molecule has 3 aromatic rings. The summed E-state index contributed by atoms with van der Waals surface area (Å²) in [5.41, 5.74) is 3.36. The lowest BCUT2D eigenvalue weighted by molar-refractivity contribution is -0.128. The fourth-order valence-corrected chi connectivity index (χ4v) is 4.03. The number of nitrogens with zero attached hydrogens (tertiary/aromatic N) is 4. The van der Waals surface area contributed by atoms with Crippen LogP contribution < -0.4 is 0 Å². The number of aromatic nitrogens is 3. The van der Waals surface area contributed by atoms with Crippen LogP contribution in [0.25, 0.3) is 11.4 Å². The number of carbonyl (C=O) groups excluding carboxylic acids is 1. The molecule has 1 heterocycles. The van der Waals surface area contributed by atoms with Gasteiger partial charge in [-0.25, -0.2) is 0 Å². The Morgan fingerprint density at radius 2 is 1.79 bits per heavy atom. The molecule has 0 aliphatic heterocycles. The van der Waals surface area contributed by atoms with E-state index in [1.807, 2.05) is 56.4 Å². The zero-order valence-electron chi connectivity index (χ0n) is 16.8. The summed E-state index contributed by atoms with van der Waals surface area (Å²) in [7, 11) is 1.85. The van der Waals surface area contributed by atoms with E-state index in [4.69, 9.17) is 0 Å². The third-order valence-electron chi connectivity index (χ3n) is 5.00. The Hall–Kier alpha value is -2.60. The molecule has 6 heteroatoms. The first-order valence-corrected chi connectivity index (χ1v) is 10.4. The molecule has 0 aliphatic rings. The van der Waals surface area contributed by atoms with Gasteiger partial charge in [0, 0.05) is 19.2 Å². The van der Waals surface area contributed by atoms with Gasteiger partial charge in [0.15, 0.2) is 11.0 Å². The van der Waals surface area contributed by atoms with Crippen molar-refractivity contribution in [3.8, 4) is 11.4 Å². The maximum Gasteiger partial charge on any atom is 0.233 e. The van der Waals surface area contributed by atoms with Gasteiger partial charge in [-0.15, -0.1) is 10.2 Å². The van der Waals surface area contributed by atoms with Crippen molar-refractivity contribution in [2.24, 2.45) is 0 Å². The lowest BCUT2D eigenvalue weighted by atomic mass is 10.1. The molecule has 0 N–H and O–H groups in total. The van der Waals surface area contributed by atoms with Crippen molar-refractivity contribution in [2.45, 2.75) is 38.5 Å². The summed E-state index contributed by atoms with van der Waals surface area (Å²) in [4.78, 5) is 14.5. The van der Waals surface area contributed by atoms with E-state index in [0.29, 0.717) is 5.75 Å². The number of hydrogen-bond acceptors (Lipinski definition) is 4. The number of benzene rings is 2. The molecular formula is C22H26N4OS. The fourth-order valence-electron chi connectivity index (χ4n) is 3.10. The minimum absolute atomic E-state index is 0.0286. The molecule has 0 aliphatic carbocycles. The van der Waals surface area contributed by atoms with Crippen molar-refractivity contribution in [1.29, 1.82) is 0 Å². The minimum atomic E-state index is 0.0286. The SMILES string of the molecule is CCn1c(SCC(=O)N(C)[C@H](C)c2ccccc2)nnc1-c1ccccc1C. The van der Waals surface area contributed by atoms with Crippen molar-refractivity contribution < 1.29 is 4.79 Å². The third-order valence-corrected chi connectivity index (χ3v) is 5.95. The maximum absolute atomic E-state index is 12.7. The van der Waals surface area contributed by atoms with Crippen molar-refractivity contribution in [3.05, 3.63) is 65.7 Å². The Balaban J connectivity index is 1.71. The monoisotopic (exact) mass is 394 g/mol. The van der Waals surface area contributed by atoms with E-state index in [2.05, 4.69) is 40.7 Å². The van der Waals surface area contributed by atoms with Crippen LogP contribution in [0, 0.1) is 6.92 Å². The first kappa shape index (κ1) is 20.1. The summed E-state index contributed by atoms with van der Waals surface area (Å²) in [5, 5.41) is 9.51. The number of rotatable bonds is 7. The lowest BCUT2D eigenvalue weighted by Crippen LogP contribution is -2.31. The molecule has 2 aromatic carbocycles. The first-order valence-electron chi connectivity index (χ1n) is 9.45. The molecule has 3 rings (SSSR count). The Morgan fingerprint density at radius 1 is 1.11 bits per heavy atom. The Kier molecular flexibility index (Phi) is 6.52. The van der Waals surface area contributed by atoms with Gasteiger partial charge in [-0.2, -0.15) is 0 Å². The topological polar surface area (TPSA) is 51.0 Å². The van der Waals surface area contributed by atoms with Gasteiger partial charge in [0.2, 0.25) is 5.91 Å². The van der Waals surface area contributed by atoms with Crippen LogP contribution >= 0.6 is 11.8 Å². The number of aryl methyl sites for hydroxylation is 1. The quantitative estimate of drug-likeness (QED) is 0.550. The zero-order valence-corrected chi connectivity index (χ0v) is 17.6. The van der Waals surface area contributed by atoms with Gasteiger partial charge in [-0.05, 0) is 31.9 Å². The summed E-state index contributed by atoms with van der Waals surface area (Å²) in [6.07, 6.45) is 0. The molecule has 0 radical (unpaired) electrons. The van der Waals surface area contributed by atoms with Crippen molar-refractivity contribution in [2.75, 3.05) is 12.8 Å². The Morgan fingerprint density at radius 3 is 2.46 bits per heavy atom. The average Bonchev–Trinajstić information content (AvgIpc) is 3.14. The maximum atomic E-state index is 12.7. The van der Waals surface area contributed by atoms with Crippen molar-refractivity contribution in [1.82, 2.24) is 19.7 Å². The van der Waals surface area contributed by atoms with Gasteiger partial charge in [0.1, 0.15) is 0 Å². The zero-order chi connectivity index (χ0) is 20.1. The third kappa shape index (κ3) is 4.28. The van der Waals surface area contributed by atoms with Crippen molar-refractivity contribution >= 4 is 17.7 Å². The van der Waals surface area contributed by atoms with E-state index in [-0.39, 0.29) is 11.9 Å². The van der Waals surface area contributed by atoms with E-state index < -0.39 is 0 Å². The predicted molar refractivity (Wildman–Crippen MR) is 114 cm³/mol. The van der Waals surface area contributed by atoms with Crippen LogP contribution in [0.15, 0.2) is 59.8 Å². The predicted octanol–water partition coefficient (Wildman–Crippen LogP) is 4.59. The summed E-state index contributed by atoms with van der Waals surface area (Å²) in [6, 6.07) is 18.2. The number of amides is 1. The van der Waals surface area contributed by atoms with Crippen LogP contribution in [0.2, 0.25) is 0 Å². The molecule has 0 saturated carbocycles. The molecule has 1 aromatic heterocycles. The van der Waals surface area contributed by atoms with Crippen LogP contribution in [-0.2, 0) is 11.3 Å². The smallest absolute Gasteiger partial charge is 0.233 e. The van der Waals surface area contributed by atoms with Crippen molar-refractivity contribution in [3.63, 3.8) is 0 Å². The molecule has 1 atom stereocenters. The van der Waals surface area contributed by atoms with Gasteiger partial charge in [0.05, 0.1) is 11.8 Å². The Labute approximate surface area is 170 Å². The number of carbonyl (C=O) groups is 1. The van der Waals surface area contributed by atoms with Gasteiger partial charge in [0.25, 0.3) is 0 Å². The summed E-state index contributed by atoms with van der Waals surface area (Å²) in [5.74, 6) is 1.26. The molecule has 0 fully saturated rings. The highest BCUT2D eigenvalue weighted by Crippen LogP contribution is 2.27. The highest BCUT2D eigenvalue weighted by molar-refractivity contribution is 7.99. The second kappa shape index (κ2) is 9.06. The van der Waals surface area contributed by atoms with E-state index in [1.54, 1.807) is 4.90 Å². The van der Waals surface area contributed by atoms with E-state index in [1.165, 1.54) is 11.8 Å². The molecule has 28 heavy (non-hydrogen) atoms. The highest BCUT2D eigenvalue weighted by Gasteiger charge is 2.20. The second-order valence-electron chi connectivity index (χ2n) is 6.75. The largest absolute Gasteiger partial charge is 0.338 e. The van der Waals surface area contributed by atoms with Gasteiger partial charge in [-0.1, -0.05) is 66.4 Å². The molecule has 0 saturated heterocycles. The highest BCUT2D eigenvalue weighted by atomic mass is 32.2. The number of hydrogen-bond donors (Lipinski definition) is 0. The molecule has 1 amide bonds. The Bertz CT molecular complexity index is 939. The van der Waals surface area contributed by atoms with E-state index in [0.717, 1.165) is 34.2 Å². The van der Waals surface area contributed by atoms with Gasteiger partial charge < -0.3 is 9.47 Å². The molecular weight excluding hydrogens is 368 g/mol. The lowest BCUT2D eigenvalue weighted by Gasteiger charge is -2.25. The second-order valence-corrected chi connectivity index (χ2v) is 7.69. The normalized spacial score (nSPS) is 12.0. The number of thioether (sulfide) groups is 1. The van der Waals surface area contributed by atoms with Crippen LogP contribution in [0.1, 0.15) is 31.0 Å². The fraction of sp³-hybridized carbons (Fsp3) is 0.318.